The molecule has 176 valence electrons. The fourth-order valence-corrected chi connectivity index (χ4v) is 4.99. The summed E-state index contributed by atoms with van der Waals surface area (Å²) in [5.41, 5.74) is 2.31. The molecule has 10 heteroatoms. The zero-order chi connectivity index (χ0) is 23.4. The Morgan fingerprint density at radius 3 is 2.70 bits per heavy atom. The second kappa shape index (κ2) is 10.4. The SMILES string of the molecule is CCCC(=O)Nc1cc(N2CC(CNC(=O)c3ccc(Cl)s3)OC2=O)ccc1N1CCCC1. The third-order valence-electron chi connectivity index (χ3n) is 5.65. The first-order chi connectivity index (χ1) is 15.9. The molecule has 0 saturated carbocycles. The lowest BCUT2D eigenvalue weighted by molar-refractivity contribution is -0.116. The monoisotopic (exact) mass is 490 g/mol. The van der Waals surface area contributed by atoms with E-state index in [0.717, 1.165) is 38.0 Å². The minimum absolute atomic E-state index is 0.0478. The van der Waals surface area contributed by atoms with Crippen LogP contribution in [0.3, 0.4) is 0 Å². The Labute approximate surface area is 201 Å². The summed E-state index contributed by atoms with van der Waals surface area (Å²) >= 11 is 7.08. The van der Waals surface area contributed by atoms with E-state index in [-0.39, 0.29) is 18.4 Å². The molecule has 2 N–H and O–H groups in total. The number of benzene rings is 1. The molecule has 4 rings (SSSR count). The molecule has 8 nitrogen and oxygen atoms in total. The number of rotatable bonds is 8. The minimum atomic E-state index is -0.479. The fourth-order valence-electron chi connectivity index (χ4n) is 4.03. The van der Waals surface area contributed by atoms with E-state index in [1.165, 1.54) is 16.2 Å². The summed E-state index contributed by atoms with van der Waals surface area (Å²) in [5.74, 6) is -0.300. The summed E-state index contributed by atoms with van der Waals surface area (Å²) in [6, 6.07) is 8.98. The maximum Gasteiger partial charge on any atom is 0.414 e. The van der Waals surface area contributed by atoms with E-state index < -0.39 is 12.2 Å². The lowest BCUT2D eigenvalue weighted by atomic mass is 10.2. The average Bonchev–Trinajstić information content (AvgIpc) is 3.54. The molecular weight excluding hydrogens is 464 g/mol. The second-order valence-electron chi connectivity index (χ2n) is 8.12. The van der Waals surface area contributed by atoms with E-state index in [9.17, 15) is 14.4 Å². The van der Waals surface area contributed by atoms with Crippen molar-refractivity contribution in [3.63, 3.8) is 0 Å². The van der Waals surface area contributed by atoms with Crippen LogP contribution in [0.25, 0.3) is 0 Å². The van der Waals surface area contributed by atoms with Crippen LogP contribution in [0, 0.1) is 0 Å². The molecule has 2 aromatic rings. The van der Waals surface area contributed by atoms with E-state index in [2.05, 4.69) is 15.5 Å². The second-order valence-corrected chi connectivity index (χ2v) is 9.84. The van der Waals surface area contributed by atoms with Gasteiger partial charge in [0.25, 0.3) is 5.91 Å². The van der Waals surface area contributed by atoms with Gasteiger partial charge >= 0.3 is 6.09 Å². The van der Waals surface area contributed by atoms with Crippen molar-refractivity contribution >= 4 is 57.9 Å². The van der Waals surface area contributed by atoms with Crippen LogP contribution in [0.4, 0.5) is 21.9 Å². The highest BCUT2D eigenvalue weighted by Gasteiger charge is 2.33. The number of nitrogens with zero attached hydrogens (tertiary/aromatic N) is 2. The molecule has 2 fully saturated rings. The normalized spacial score (nSPS) is 17.9. The number of carbonyl (C=O) groups is 3. The van der Waals surface area contributed by atoms with Crippen molar-refractivity contribution in [2.75, 3.05) is 41.3 Å². The van der Waals surface area contributed by atoms with Crippen LogP contribution in [0.15, 0.2) is 30.3 Å². The number of halogens is 1. The van der Waals surface area contributed by atoms with Gasteiger partial charge in [0.2, 0.25) is 5.91 Å². The molecule has 0 aliphatic carbocycles. The van der Waals surface area contributed by atoms with E-state index >= 15 is 0 Å². The van der Waals surface area contributed by atoms with E-state index in [4.69, 9.17) is 16.3 Å². The lowest BCUT2D eigenvalue weighted by Crippen LogP contribution is -2.34. The van der Waals surface area contributed by atoms with Gasteiger partial charge in [0, 0.05) is 25.2 Å². The molecule has 3 heterocycles. The number of hydrogen-bond acceptors (Lipinski definition) is 6. The zero-order valence-electron chi connectivity index (χ0n) is 18.4. The maximum atomic E-state index is 12.6. The lowest BCUT2D eigenvalue weighted by Gasteiger charge is -2.24. The maximum absolute atomic E-state index is 12.6. The molecule has 0 bridgehead atoms. The molecule has 3 amide bonds. The highest BCUT2D eigenvalue weighted by Crippen LogP contribution is 2.34. The number of hydrogen-bond donors (Lipinski definition) is 2. The van der Waals surface area contributed by atoms with E-state index in [0.29, 0.717) is 33.6 Å². The molecule has 2 saturated heterocycles. The minimum Gasteiger partial charge on any atom is -0.442 e. The highest BCUT2D eigenvalue weighted by molar-refractivity contribution is 7.18. The zero-order valence-corrected chi connectivity index (χ0v) is 20.0. The number of ether oxygens (including phenoxy) is 1. The van der Waals surface area contributed by atoms with Gasteiger partial charge < -0.3 is 20.3 Å². The van der Waals surface area contributed by atoms with Gasteiger partial charge in [-0.2, -0.15) is 0 Å². The number of nitrogens with one attached hydrogen (secondary N) is 2. The number of carbonyl (C=O) groups excluding carboxylic acids is 3. The molecule has 0 radical (unpaired) electrons. The first-order valence-corrected chi connectivity index (χ1v) is 12.3. The molecule has 2 aliphatic rings. The molecule has 1 unspecified atom stereocenters. The Morgan fingerprint density at radius 1 is 1.21 bits per heavy atom. The van der Waals surface area contributed by atoms with Crippen molar-refractivity contribution in [3.05, 3.63) is 39.5 Å². The van der Waals surface area contributed by atoms with Gasteiger partial charge in [-0.05, 0) is 49.6 Å². The van der Waals surface area contributed by atoms with Crippen LogP contribution in [0.5, 0.6) is 0 Å². The highest BCUT2D eigenvalue weighted by atomic mass is 35.5. The van der Waals surface area contributed by atoms with Gasteiger partial charge in [0.05, 0.1) is 33.7 Å². The Hall–Kier alpha value is -2.78. The van der Waals surface area contributed by atoms with Crippen molar-refractivity contribution in [1.29, 1.82) is 0 Å². The Balaban J connectivity index is 1.45. The summed E-state index contributed by atoms with van der Waals surface area (Å²) in [5, 5.41) is 5.80. The standard InChI is InChI=1S/C23H27ClN4O4S/c1-2-5-21(29)26-17-12-15(6-7-18(17)27-10-3-4-11-27)28-14-16(32-23(28)31)13-25-22(30)19-8-9-20(24)33-19/h6-9,12,16H,2-5,10-11,13-14H2,1H3,(H,25,30)(H,26,29). The van der Waals surface area contributed by atoms with Gasteiger partial charge in [-0.1, -0.05) is 18.5 Å². The molecule has 1 atom stereocenters. The first kappa shape index (κ1) is 23.4. The third kappa shape index (κ3) is 5.59. The molecule has 1 aromatic heterocycles. The fraction of sp³-hybridized carbons (Fsp3) is 0.435. The number of cyclic esters (lactones) is 1. The predicted molar refractivity (Wildman–Crippen MR) is 131 cm³/mol. The van der Waals surface area contributed by atoms with Crippen molar-refractivity contribution in [2.45, 2.75) is 38.7 Å². The van der Waals surface area contributed by atoms with Crippen LogP contribution < -0.4 is 20.4 Å². The summed E-state index contributed by atoms with van der Waals surface area (Å²) in [4.78, 5) is 41.4. The largest absolute Gasteiger partial charge is 0.442 e. The summed E-state index contributed by atoms with van der Waals surface area (Å²) < 4.78 is 6.00. The molecular formula is C23H27ClN4O4S. The van der Waals surface area contributed by atoms with Crippen molar-refractivity contribution < 1.29 is 19.1 Å². The summed E-state index contributed by atoms with van der Waals surface area (Å²) in [7, 11) is 0. The molecule has 2 aliphatic heterocycles. The first-order valence-electron chi connectivity index (χ1n) is 11.1. The van der Waals surface area contributed by atoms with Crippen LogP contribution in [0.1, 0.15) is 42.3 Å². The van der Waals surface area contributed by atoms with Crippen molar-refractivity contribution in [1.82, 2.24) is 5.32 Å². The number of thiophene rings is 1. The quantitative estimate of drug-likeness (QED) is 0.568. The smallest absolute Gasteiger partial charge is 0.414 e. The Morgan fingerprint density at radius 2 is 2.00 bits per heavy atom. The Bertz CT molecular complexity index is 1040. The van der Waals surface area contributed by atoms with Gasteiger partial charge in [-0.15, -0.1) is 11.3 Å². The van der Waals surface area contributed by atoms with Crippen LogP contribution in [-0.2, 0) is 9.53 Å². The van der Waals surface area contributed by atoms with E-state index in [1.807, 2.05) is 25.1 Å². The summed E-state index contributed by atoms with van der Waals surface area (Å²) in [6.45, 7) is 4.35. The van der Waals surface area contributed by atoms with Crippen molar-refractivity contribution in [3.8, 4) is 0 Å². The van der Waals surface area contributed by atoms with Gasteiger partial charge in [-0.25, -0.2) is 4.79 Å². The number of amides is 3. The predicted octanol–water partition coefficient (Wildman–Crippen LogP) is 4.50. The van der Waals surface area contributed by atoms with Gasteiger partial charge in [0.1, 0.15) is 6.10 Å². The van der Waals surface area contributed by atoms with Crippen LogP contribution in [0.2, 0.25) is 4.34 Å². The van der Waals surface area contributed by atoms with E-state index in [1.54, 1.807) is 12.1 Å². The molecule has 33 heavy (non-hydrogen) atoms. The Kier molecular flexibility index (Phi) is 7.39. The van der Waals surface area contributed by atoms with Crippen LogP contribution in [-0.4, -0.2) is 50.2 Å². The van der Waals surface area contributed by atoms with Crippen molar-refractivity contribution in [2.24, 2.45) is 0 Å². The van der Waals surface area contributed by atoms with Gasteiger partial charge in [-0.3, -0.25) is 14.5 Å². The van der Waals surface area contributed by atoms with Gasteiger partial charge in [0.15, 0.2) is 0 Å². The summed E-state index contributed by atoms with van der Waals surface area (Å²) in [6.07, 6.45) is 2.48. The topological polar surface area (TPSA) is 91.0 Å². The molecule has 1 aromatic carbocycles. The average molecular weight is 491 g/mol. The molecule has 0 spiro atoms. The third-order valence-corrected chi connectivity index (χ3v) is 6.88. The van der Waals surface area contributed by atoms with Crippen LogP contribution >= 0.6 is 22.9 Å². The number of anilines is 3.